The summed E-state index contributed by atoms with van der Waals surface area (Å²) in [6.07, 6.45) is 3.41. The smallest absolute Gasteiger partial charge is 0.270 e. The fourth-order valence-electron chi connectivity index (χ4n) is 6.37. The summed E-state index contributed by atoms with van der Waals surface area (Å²) in [5.74, 6) is 0.370. The van der Waals surface area contributed by atoms with Crippen molar-refractivity contribution in [3.63, 3.8) is 0 Å². The second-order valence-corrected chi connectivity index (χ2v) is 10.5. The summed E-state index contributed by atoms with van der Waals surface area (Å²) in [6, 6.07) is 41.8. The maximum absolute atomic E-state index is 9.60. The van der Waals surface area contributed by atoms with E-state index in [0.29, 0.717) is 11.5 Å². The Morgan fingerprint density at radius 1 is 0.605 bits per heavy atom. The van der Waals surface area contributed by atoms with Crippen molar-refractivity contribution in [2.45, 2.75) is 0 Å². The highest BCUT2D eigenvalue weighted by Gasteiger charge is 2.21. The van der Waals surface area contributed by atoms with Crippen molar-refractivity contribution in [3.8, 4) is 34.0 Å². The molecule has 0 unspecified atom stereocenters. The molecule has 5 heteroatoms. The molecule has 198 valence electrons. The van der Waals surface area contributed by atoms with Crippen molar-refractivity contribution in [1.82, 2.24) is 14.5 Å². The van der Waals surface area contributed by atoms with Gasteiger partial charge in [-0.2, -0.15) is 5.26 Å². The van der Waals surface area contributed by atoms with E-state index in [2.05, 4.69) is 110 Å². The Balaban J connectivity index is 1.61. The van der Waals surface area contributed by atoms with Gasteiger partial charge in [-0.25, -0.2) is 4.98 Å². The van der Waals surface area contributed by atoms with Gasteiger partial charge >= 0.3 is 0 Å². The van der Waals surface area contributed by atoms with Crippen LogP contribution in [-0.4, -0.2) is 14.5 Å². The number of aromatic nitrogens is 3. The van der Waals surface area contributed by atoms with E-state index in [4.69, 9.17) is 6.57 Å². The fraction of sp³-hybridized carbons (Fsp3) is 0. The Kier molecular flexibility index (Phi) is 5.50. The van der Waals surface area contributed by atoms with Crippen molar-refractivity contribution < 1.29 is 0 Å². The van der Waals surface area contributed by atoms with Crippen LogP contribution in [0.25, 0.3) is 76.1 Å². The molecule has 0 radical (unpaired) electrons. The highest BCUT2D eigenvalue weighted by Crippen LogP contribution is 2.46. The molecule has 0 N–H and O–H groups in total. The summed E-state index contributed by atoms with van der Waals surface area (Å²) in [6.45, 7) is 7.55. The van der Waals surface area contributed by atoms with Gasteiger partial charge in [-0.05, 0) is 92.3 Å². The Morgan fingerprint density at radius 3 is 1.72 bits per heavy atom. The molecule has 0 aliphatic heterocycles. The van der Waals surface area contributed by atoms with Gasteiger partial charge in [0.05, 0.1) is 11.0 Å². The predicted octanol–water partition coefficient (Wildman–Crippen LogP) is 9.64. The maximum Gasteiger partial charge on any atom is 0.270 e. The molecule has 0 saturated carbocycles. The van der Waals surface area contributed by atoms with Crippen LogP contribution in [0, 0.1) is 17.9 Å². The summed E-state index contributed by atoms with van der Waals surface area (Å²) in [5.41, 5.74) is 7.58. The molecule has 43 heavy (non-hydrogen) atoms. The van der Waals surface area contributed by atoms with E-state index in [9.17, 15) is 5.26 Å². The summed E-state index contributed by atoms with van der Waals surface area (Å²) in [5, 5.41) is 16.5. The molecule has 0 fully saturated rings. The SMILES string of the molecule is [C-]#[N+]c1cc(-c2cc3c(c4ccccc24)c2c4ccccc4c(-c4ccnc(C#N)c4)cc2n3-c2ccccc2)ccn1. The number of rotatable bonds is 3. The van der Waals surface area contributed by atoms with Crippen LogP contribution in [0.5, 0.6) is 0 Å². The van der Waals surface area contributed by atoms with Crippen molar-refractivity contribution in [2.24, 2.45) is 0 Å². The topological polar surface area (TPSA) is 58.9 Å². The monoisotopic (exact) mass is 547 g/mol. The van der Waals surface area contributed by atoms with Gasteiger partial charge in [-0.3, -0.25) is 0 Å². The predicted molar refractivity (Wildman–Crippen MR) is 173 cm³/mol. The van der Waals surface area contributed by atoms with Crippen LogP contribution in [0.15, 0.2) is 128 Å². The third-order valence-corrected chi connectivity index (χ3v) is 8.15. The molecule has 0 atom stereocenters. The average Bonchev–Trinajstić information content (AvgIpc) is 3.42. The Morgan fingerprint density at radius 2 is 1.14 bits per heavy atom. The van der Waals surface area contributed by atoms with Gasteiger partial charge in [0.1, 0.15) is 18.0 Å². The lowest BCUT2D eigenvalue weighted by Gasteiger charge is -2.12. The number of nitriles is 1. The summed E-state index contributed by atoms with van der Waals surface area (Å²) >= 11 is 0. The molecule has 0 amide bonds. The Labute approximate surface area is 247 Å². The highest BCUT2D eigenvalue weighted by molar-refractivity contribution is 6.31. The summed E-state index contributed by atoms with van der Waals surface area (Å²) in [7, 11) is 0. The first-order valence-corrected chi connectivity index (χ1v) is 13.9. The molecule has 3 aromatic heterocycles. The Hall–Kier alpha value is -6.30. The van der Waals surface area contributed by atoms with Gasteiger partial charge in [-0.1, -0.05) is 73.3 Å². The normalized spacial score (nSPS) is 11.2. The number of hydrogen-bond donors (Lipinski definition) is 0. The zero-order chi connectivity index (χ0) is 28.9. The van der Waals surface area contributed by atoms with Crippen LogP contribution < -0.4 is 0 Å². The molecule has 0 saturated heterocycles. The van der Waals surface area contributed by atoms with E-state index >= 15 is 0 Å². The first-order valence-electron chi connectivity index (χ1n) is 13.9. The largest absolute Gasteiger partial charge is 0.361 e. The van der Waals surface area contributed by atoms with E-state index in [1.807, 2.05) is 30.3 Å². The first kappa shape index (κ1) is 24.5. The molecule has 0 aliphatic rings. The fourth-order valence-corrected chi connectivity index (χ4v) is 6.37. The zero-order valence-corrected chi connectivity index (χ0v) is 22.9. The van der Waals surface area contributed by atoms with Gasteiger partial charge in [0.2, 0.25) is 0 Å². The molecule has 0 aliphatic carbocycles. The van der Waals surface area contributed by atoms with Crippen LogP contribution >= 0.6 is 0 Å². The van der Waals surface area contributed by atoms with Crippen molar-refractivity contribution in [3.05, 3.63) is 145 Å². The van der Waals surface area contributed by atoms with E-state index in [1.165, 1.54) is 10.8 Å². The quantitative estimate of drug-likeness (QED) is 0.207. The zero-order valence-electron chi connectivity index (χ0n) is 22.9. The molecular weight excluding hydrogens is 526 g/mol. The summed E-state index contributed by atoms with van der Waals surface area (Å²) in [4.78, 5) is 12.0. The van der Waals surface area contributed by atoms with E-state index in [-0.39, 0.29) is 0 Å². The second-order valence-electron chi connectivity index (χ2n) is 10.5. The second kappa shape index (κ2) is 9.66. The van der Waals surface area contributed by atoms with E-state index in [0.717, 1.165) is 60.5 Å². The minimum Gasteiger partial charge on any atom is -0.361 e. The third-order valence-electron chi connectivity index (χ3n) is 8.15. The Bertz CT molecular complexity index is 2320. The number of benzene rings is 5. The van der Waals surface area contributed by atoms with Gasteiger partial charge in [0.25, 0.3) is 5.82 Å². The molecule has 0 bridgehead atoms. The minimum absolute atomic E-state index is 0.370. The number of nitrogens with zero attached hydrogens (tertiary/aromatic N) is 5. The lowest BCUT2D eigenvalue weighted by atomic mass is 9.92. The maximum atomic E-state index is 9.60. The lowest BCUT2D eigenvalue weighted by molar-refractivity contribution is 1.18. The van der Waals surface area contributed by atoms with Crippen LogP contribution in [0.1, 0.15) is 5.69 Å². The summed E-state index contributed by atoms with van der Waals surface area (Å²) < 4.78 is 2.33. The lowest BCUT2D eigenvalue weighted by Crippen LogP contribution is -1.95. The average molecular weight is 548 g/mol. The van der Waals surface area contributed by atoms with Crippen molar-refractivity contribution in [2.75, 3.05) is 0 Å². The highest BCUT2D eigenvalue weighted by atomic mass is 15.0. The standard InChI is InChI=1S/C38H21N5/c1-40-36-20-25(16-18-42-36)33-22-35-38(31-14-8-6-12-29(31)33)37-30-13-7-5-11-28(30)32(24-15-17-41-26(19-24)23-39)21-34(37)43(35)27-9-3-2-4-10-27/h2-22H. The van der Waals surface area contributed by atoms with E-state index in [1.54, 1.807) is 12.4 Å². The number of fused-ring (bicyclic) bond motifs is 7. The van der Waals surface area contributed by atoms with Crippen LogP contribution in [0.4, 0.5) is 5.82 Å². The number of para-hydroxylation sites is 1. The van der Waals surface area contributed by atoms with Crippen molar-refractivity contribution >= 4 is 49.2 Å². The van der Waals surface area contributed by atoms with Gasteiger partial charge in [0, 0.05) is 22.7 Å². The van der Waals surface area contributed by atoms with Crippen LogP contribution in [0.3, 0.4) is 0 Å². The molecule has 8 aromatic rings. The molecule has 8 rings (SSSR count). The molecule has 3 heterocycles. The van der Waals surface area contributed by atoms with Crippen LogP contribution in [0.2, 0.25) is 0 Å². The molecular formula is C38H21N5. The number of hydrogen-bond acceptors (Lipinski definition) is 3. The molecule has 5 aromatic carbocycles. The van der Waals surface area contributed by atoms with Gasteiger partial charge in [-0.15, -0.1) is 4.98 Å². The van der Waals surface area contributed by atoms with Gasteiger partial charge in [0.15, 0.2) is 0 Å². The minimum atomic E-state index is 0.370. The molecule has 5 nitrogen and oxygen atoms in total. The first-order chi connectivity index (χ1) is 21.2. The molecule has 0 spiro atoms. The van der Waals surface area contributed by atoms with Gasteiger partial charge < -0.3 is 9.41 Å². The third kappa shape index (κ3) is 3.77. The number of pyridine rings is 2. The van der Waals surface area contributed by atoms with Crippen molar-refractivity contribution in [1.29, 1.82) is 5.26 Å². The van der Waals surface area contributed by atoms with Crippen LogP contribution in [-0.2, 0) is 0 Å². The van der Waals surface area contributed by atoms with E-state index < -0.39 is 0 Å².